The Morgan fingerprint density at radius 3 is 2.57 bits per heavy atom. The van der Waals surface area contributed by atoms with Crippen LogP contribution in [-0.2, 0) is 23.6 Å². The number of rotatable bonds is 7. The predicted octanol–water partition coefficient (Wildman–Crippen LogP) is 2.32. The Morgan fingerprint density at radius 1 is 1.30 bits per heavy atom. The maximum Gasteiger partial charge on any atom is 0.240 e. The molecule has 0 amide bonds. The zero-order valence-corrected chi connectivity index (χ0v) is 14.8. The van der Waals surface area contributed by atoms with Gasteiger partial charge in [-0.05, 0) is 30.7 Å². The number of hydrogen-bond acceptors (Lipinski definition) is 5. The average molecular weight is 358 g/mol. The van der Waals surface area contributed by atoms with Crippen LogP contribution in [-0.4, -0.2) is 28.4 Å². The van der Waals surface area contributed by atoms with Crippen LogP contribution >= 0.6 is 11.8 Å². The molecule has 0 bridgehead atoms. The molecule has 2 aromatic rings. The number of benzene rings is 1. The molecule has 0 radical (unpaired) electrons. The van der Waals surface area contributed by atoms with Crippen LogP contribution in [0.3, 0.4) is 0 Å². The zero-order valence-electron chi connectivity index (χ0n) is 13.2. The van der Waals surface area contributed by atoms with E-state index in [1.807, 2.05) is 0 Å². The lowest BCUT2D eigenvalue weighted by Gasteiger charge is -2.09. The molecule has 1 aromatic carbocycles. The molecule has 1 aromatic heterocycles. The molecule has 1 N–H and O–H groups in total. The second-order valence-corrected chi connectivity index (χ2v) is 8.25. The molecule has 0 aliphatic heterocycles. The van der Waals surface area contributed by atoms with Gasteiger partial charge in [-0.2, -0.15) is 0 Å². The molecule has 9 heteroatoms. The first kappa shape index (κ1) is 17.9. The number of hydrogen-bond donors (Lipinski definition) is 1. The summed E-state index contributed by atoms with van der Waals surface area (Å²) in [6.45, 7) is 4.20. The van der Waals surface area contributed by atoms with E-state index in [0.29, 0.717) is 11.1 Å². The number of thioether (sulfide) groups is 1. The van der Waals surface area contributed by atoms with E-state index in [4.69, 9.17) is 0 Å². The van der Waals surface area contributed by atoms with Crippen molar-refractivity contribution in [1.82, 2.24) is 19.5 Å². The molecule has 0 aliphatic rings. The Balaban J connectivity index is 2.07. The second kappa shape index (κ2) is 7.41. The summed E-state index contributed by atoms with van der Waals surface area (Å²) in [5.41, 5.74) is 0. The fraction of sp³-hybridized carbons (Fsp3) is 0.429. The standard InChI is InChI=1S/C14H19FN4O2S2/c1-4-10(2)22-14-18-17-13(19(14)3)9-16-23(20,21)12-7-5-11(15)6-8-12/h5-8,10,16H,4,9H2,1-3H3. The van der Waals surface area contributed by atoms with Crippen LogP contribution in [0.4, 0.5) is 4.39 Å². The van der Waals surface area contributed by atoms with Gasteiger partial charge >= 0.3 is 0 Å². The van der Waals surface area contributed by atoms with Gasteiger partial charge in [-0.3, -0.25) is 0 Å². The molecule has 0 saturated carbocycles. The molecule has 126 valence electrons. The number of sulfonamides is 1. The number of aromatic nitrogens is 3. The van der Waals surface area contributed by atoms with Crippen molar-refractivity contribution in [2.75, 3.05) is 0 Å². The van der Waals surface area contributed by atoms with Gasteiger partial charge in [0.05, 0.1) is 11.4 Å². The SMILES string of the molecule is CCC(C)Sc1nnc(CNS(=O)(=O)c2ccc(F)cc2)n1C. The van der Waals surface area contributed by atoms with E-state index < -0.39 is 15.8 Å². The highest BCUT2D eigenvalue weighted by Crippen LogP contribution is 2.23. The minimum atomic E-state index is -3.72. The van der Waals surface area contributed by atoms with Crippen molar-refractivity contribution in [2.24, 2.45) is 7.05 Å². The highest BCUT2D eigenvalue weighted by atomic mass is 32.2. The summed E-state index contributed by atoms with van der Waals surface area (Å²) in [7, 11) is -1.92. The summed E-state index contributed by atoms with van der Waals surface area (Å²) in [6, 6.07) is 4.66. The van der Waals surface area contributed by atoms with Crippen LogP contribution in [0, 0.1) is 5.82 Å². The van der Waals surface area contributed by atoms with Crippen LogP contribution in [0.15, 0.2) is 34.3 Å². The van der Waals surface area contributed by atoms with E-state index in [0.717, 1.165) is 23.7 Å². The second-order valence-electron chi connectivity index (χ2n) is 5.07. The Labute approximate surface area is 139 Å². The van der Waals surface area contributed by atoms with E-state index in [9.17, 15) is 12.8 Å². The van der Waals surface area contributed by atoms with Crippen LogP contribution < -0.4 is 4.72 Å². The summed E-state index contributed by atoms with van der Waals surface area (Å²) < 4.78 is 41.4. The Morgan fingerprint density at radius 2 is 1.96 bits per heavy atom. The summed E-state index contributed by atoms with van der Waals surface area (Å²) in [5.74, 6) is 0.0328. The van der Waals surface area contributed by atoms with Gasteiger partial charge in [0.2, 0.25) is 10.0 Å². The highest BCUT2D eigenvalue weighted by molar-refractivity contribution is 7.99. The molecule has 0 saturated heterocycles. The molecule has 1 unspecified atom stereocenters. The van der Waals surface area contributed by atoms with E-state index in [-0.39, 0.29) is 11.4 Å². The number of halogens is 1. The third-order valence-corrected chi connectivity index (χ3v) is 6.07. The van der Waals surface area contributed by atoms with Gasteiger partial charge in [0, 0.05) is 12.3 Å². The predicted molar refractivity (Wildman–Crippen MR) is 87.0 cm³/mol. The van der Waals surface area contributed by atoms with Crippen molar-refractivity contribution in [2.45, 2.75) is 42.1 Å². The minimum Gasteiger partial charge on any atom is -0.308 e. The van der Waals surface area contributed by atoms with Gasteiger partial charge in [-0.1, -0.05) is 25.6 Å². The van der Waals surface area contributed by atoms with Crippen molar-refractivity contribution in [3.05, 3.63) is 35.9 Å². The summed E-state index contributed by atoms with van der Waals surface area (Å²) >= 11 is 1.59. The van der Waals surface area contributed by atoms with Crippen molar-refractivity contribution in [1.29, 1.82) is 0 Å². The first-order valence-corrected chi connectivity index (χ1v) is 9.50. The first-order chi connectivity index (χ1) is 10.8. The van der Waals surface area contributed by atoms with E-state index in [2.05, 4.69) is 28.8 Å². The number of nitrogens with zero attached hydrogens (tertiary/aromatic N) is 3. The molecule has 2 rings (SSSR count). The quantitative estimate of drug-likeness (QED) is 0.769. The number of nitrogens with one attached hydrogen (secondary N) is 1. The molecule has 0 spiro atoms. The third kappa shape index (κ3) is 4.52. The van der Waals surface area contributed by atoms with Gasteiger partial charge in [0.1, 0.15) is 11.6 Å². The molecule has 0 aliphatic carbocycles. The lowest BCUT2D eigenvalue weighted by Crippen LogP contribution is -2.24. The zero-order chi connectivity index (χ0) is 17.0. The van der Waals surface area contributed by atoms with Crippen molar-refractivity contribution in [3.63, 3.8) is 0 Å². The molecule has 6 nitrogen and oxygen atoms in total. The van der Waals surface area contributed by atoms with Gasteiger partial charge in [-0.25, -0.2) is 17.5 Å². The van der Waals surface area contributed by atoms with Crippen molar-refractivity contribution >= 4 is 21.8 Å². The molecule has 1 atom stereocenters. The molecule has 1 heterocycles. The van der Waals surface area contributed by atoms with E-state index >= 15 is 0 Å². The molecule has 0 fully saturated rings. The maximum atomic E-state index is 12.9. The first-order valence-electron chi connectivity index (χ1n) is 7.13. The topological polar surface area (TPSA) is 76.9 Å². The minimum absolute atomic E-state index is 0.00951. The van der Waals surface area contributed by atoms with Crippen molar-refractivity contribution < 1.29 is 12.8 Å². The van der Waals surface area contributed by atoms with Gasteiger partial charge < -0.3 is 4.57 Å². The van der Waals surface area contributed by atoms with Crippen LogP contribution in [0.2, 0.25) is 0 Å². The lowest BCUT2D eigenvalue weighted by atomic mass is 10.4. The Bertz CT molecular complexity index is 760. The summed E-state index contributed by atoms with van der Waals surface area (Å²) in [4.78, 5) is 0.00951. The van der Waals surface area contributed by atoms with Crippen LogP contribution in [0.25, 0.3) is 0 Å². The monoisotopic (exact) mass is 358 g/mol. The summed E-state index contributed by atoms with van der Waals surface area (Å²) in [5, 5.41) is 9.25. The largest absolute Gasteiger partial charge is 0.308 e. The van der Waals surface area contributed by atoms with Crippen LogP contribution in [0.1, 0.15) is 26.1 Å². The third-order valence-electron chi connectivity index (χ3n) is 3.35. The smallest absolute Gasteiger partial charge is 0.240 e. The van der Waals surface area contributed by atoms with Gasteiger partial charge in [0.15, 0.2) is 5.16 Å². The van der Waals surface area contributed by atoms with E-state index in [1.165, 1.54) is 12.1 Å². The maximum absolute atomic E-state index is 12.9. The van der Waals surface area contributed by atoms with Gasteiger partial charge in [0.25, 0.3) is 0 Å². The lowest BCUT2D eigenvalue weighted by molar-refractivity contribution is 0.575. The average Bonchev–Trinajstić information content (AvgIpc) is 2.86. The van der Waals surface area contributed by atoms with Gasteiger partial charge in [-0.15, -0.1) is 10.2 Å². The Hall–Kier alpha value is -1.45. The Kier molecular flexibility index (Phi) is 5.77. The normalized spacial score (nSPS) is 13.2. The van der Waals surface area contributed by atoms with E-state index in [1.54, 1.807) is 23.4 Å². The molecular weight excluding hydrogens is 339 g/mol. The fourth-order valence-corrected chi connectivity index (χ4v) is 3.58. The molecule has 23 heavy (non-hydrogen) atoms. The van der Waals surface area contributed by atoms with Crippen LogP contribution in [0.5, 0.6) is 0 Å². The van der Waals surface area contributed by atoms with Crippen molar-refractivity contribution in [3.8, 4) is 0 Å². The summed E-state index contributed by atoms with van der Waals surface area (Å²) in [6.07, 6.45) is 1.00. The molecular formula is C14H19FN4O2S2. The highest BCUT2D eigenvalue weighted by Gasteiger charge is 2.17. The fourth-order valence-electron chi connectivity index (χ4n) is 1.72.